The number of aromatic nitrogens is 2. The van der Waals surface area contributed by atoms with E-state index in [2.05, 4.69) is 18.3 Å². The van der Waals surface area contributed by atoms with Crippen LogP contribution in [0.25, 0.3) is 10.2 Å². The Bertz CT molecular complexity index is 583. The number of thiophene rings is 1. The fraction of sp³-hybridized carbons (Fsp3) is 0.625. The van der Waals surface area contributed by atoms with Crippen molar-refractivity contribution in [3.8, 4) is 0 Å². The normalized spacial score (nSPS) is 17.9. The van der Waals surface area contributed by atoms with Crippen molar-refractivity contribution in [1.82, 2.24) is 9.97 Å². The maximum absolute atomic E-state index is 4.87. The fourth-order valence-corrected chi connectivity index (χ4v) is 4.03. The third kappa shape index (κ3) is 2.80. The van der Waals surface area contributed by atoms with E-state index in [0.717, 1.165) is 16.5 Å². The van der Waals surface area contributed by atoms with E-state index in [1.54, 1.807) is 11.3 Å². The molecule has 1 aliphatic carbocycles. The largest absolute Gasteiger partial charge is 0.372 e. The van der Waals surface area contributed by atoms with Gasteiger partial charge in [-0.2, -0.15) is 0 Å². The Labute approximate surface area is 124 Å². The highest BCUT2D eigenvalue weighted by atomic mass is 32.1. The first kappa shape index (κ1) is 13.8. The molecule has 1 aliphatic rings. The summed E-state index contributed by atoms with van der Waals surface area (Å²) in [4.78, 5) is 12.1. The summed E-state index contributed by atoms with van der Waals surface area (Å²) in [6, 6.07) is 2.19. The van der Waals surface area contributed by atoms with Gasteiger partial charge >= 0.3 is 0 Å². The molecule has 2 aromatic rings. The molecule has 3 nitrogen and oxygen atoms in total. The Morgan fingerprint density at radius 2 is 1.80 bits per heavy atom. The number of hydrogen-bond acceptors (Lipinski definition) is 4. The average molecular weight is 289 g/mol. The van der Waals surface area contributed by atoms with Crippen LogP contribution >= 0.6 is 11.3 Å². The van der Waals surface area contributed by atoms with E-state index in [0.29, 0.717) is 5.92 Å². The van der Waals surface area contributed by atoms with Crippen molar-refractivity contribution in [2.45, 2.75) is 57.8 Å². The molecule has 0 bridgehead atoms. The second-order valence-electron chi connectivity index (χ2n) is 5.80. The molecule has 0 saturated heterocycles. The third-order valence-corrected chi connectivity index (χ3v) is 5.18. The van der Waals surface area contributed by atoms with Crippen LogP contribution in [-0.2, 0) is 0 Å². The molecule has 2 heterocycles. The van der Waals surface area contributed by atoms with Crippen LogP contribution in [-0.4, -0.2) is 17.0 Å². The van der Waals surface area contributed by atoms with Crippen LogP contribution in [0.2, 0.25) is 0 Å². The third-order valence-electron chi connectivity index (χ3n) is 4.24. The van der Waals surface area contributed by atoms with Gasteiger partial charge in [-0.25, -0.2) is 9.97 Å². The minimum atomic E-state index is 0.550. The first-order valence-corrected chi connectivity index (χ1v) is 8.55. The monoisotopic (exact) mass is 289 g/mol. The lowest BCUT2D eigenvalue weighted by molar-refractivity contribution is 0.443. The van der Waals surface area contributed by atoms with Crippen molar-refractivity contribution < 1.29 is 0 Å². The highest BCUT2D eigenvalue weighted by Gasteiger charge is 2.19. The fourth-order valence-electron chi connectivity index (χ4n) is 3.15. The molecule has 0 amide bonds. The van der Waals surface area contributed by atoms with Gasteiger partial charge in [-0.15, -0.1) is 11.3 Å². The zero-order valence-electron chi connectivity index (χ0n) is 12.4. The topological polar surface area (TPSA) is 37.8 Å². The van der Waals surface area contributed by atoms with Crippen LogP contribution in [0.4, 0.5) is 5.82 Å². The molecule has 2 aromatic heterocycles. The molecule has 3 rings (SSSR count). The Balaban J connectivity index is 1.97. The van der Waals surface area contributed by atoms with Gasteiger partial charge in [0.25, 0.3) is 0 Å². The lowest BCUT2D eigenvalue weighted by Crippen LogP contribution is -2.08. The van der Waals surface area contributed by atoms with Gasteiger partial charge in [-0.1, -0.05) is 32.1 Å². The number of fused-ring (bicyclic) bond motifs is 1. The standard InChI is InChI=1S/C16H23N3S/c1-11-10-13-15(17-2)18-14(19-16(13)20-11)12-8-6-4-3-5-7-9-12/h10,12H,3-9H2,1-2H3,(H,17,18,19). The molecule has 0 aliphatic heterocycles. The summed E-state index contributed by atoms with van der Waals surface area (Å²) in [7, 11) is 1.96. The Morgan fingerprint density at radius 1 is 1.10 bits per heavy atom. The van der Waals surface area contributed by atoms with E-state index < -0.39 is 0 Å². The second kappa shape index (κ2) is 6.08. The minimum absolute atomic E-state index is 0.550. The predicted molar refractivity (Wildman–Crippen MR) is 86.8 cm³/mol. The first-order valence-electron chi connectivity index (χ1n) is 7.74. The van der Waals surface area contributed by atoms with Crippen LogP contribution in [0, 0.1) is 6.92 Å². The molecule has 20 heavy (non-hydrogen) atoms. The summed E-state index contributed by atoms with van der Waals surface area (Å²) in [6.45, 7) is 2.14. The zero-order valence-corrected chi connectivity index (χ0v) is 13.2. The average Bonchev–Trinajstić information content (AvgIpc) is 2.77. The molecule has 1 fully saturated rings. The summed E-state index contributed by atoms with van der Waals surface area (Å²) in [5, 5.41) is 4.42. The van der Waals surface area contributed by atoms with E-state index in [1.165, 1.54) is 55.2 Å². The van der Waals surface area contributed by atoms with Gasteiger partial charge in [0.15, 0.2) is 0 Å². The Kier molecular flexibility index (Phi) is 4.20. The van der Waals surface area contributed by atoms with Crippen molar-refractivity contribution in [2.24, 2.45) is 0 Å². The lowest BCUT2D eigenvalue weighted by atomic mass is 9.90. The molecule has 0 atom stereocenters. The molecular weight excluding hydrogens is 266 g/mol. The molecule has 0 radical (unpaired) electrons. The number of rotatable bonds is 2. The molecular formula is C16H23N3S. The van der Waals surface area contributed by atoms with Gasteiger partial charge in [0.05, 0.1) is 5.39 Å². The van der Waals surface area contributed by atoms with Crippen LogP contribution in [0.15, 0.2) is 6.07 Å². The highest BCUT2D eigenvalue weighted by Crippen LogP contribution is 2.33. The highest BCUT2D eigenvalue weighted by molar-refractivity contribution is 7.18. The van der Waals surface area contributed by atoms with E-state index >= 15 is 0 Å². The van der Waals surface area contributed by atoms with E-state index in [1.807, 2.05) is 7.05 Å². The van der Waals surface area contributed by atoms with E-state index in [9.17, 15) is 0 Å². The molecule has 1 saturated carbocycles. The van der Waals surface area contributed by atoms with Crippen LogP contribution in [0.1, 0.15) is 61.6 Å². The number of hydrogen-bond donors (Lipinski definition) is 1. The van der Waals surface area contributed by atoms with Crippen molar-refractivity contribution >= 4 is 27.4 Å². The van der Waals surface area contributed by atoms with Gasteiger partial charge < -0.3 is 5.32 Å². The SMILES string of the molecule is CNc1nc(C2CCCCCCC2)nc2sc(C)cc12. The van der Waals surface area contributed by atoms with E-state index in [4.69, 9.17) is 9.97 Å². The summed E-state index contributed by atoms with van der Waals surface area (Å²) >= 11 is 1.78. The first-order chi connectivity index (χ1) is 9.78. The van der Waals surface area contributed by atoms with Gasteiger partial charge in [-0.05, 0) is 25.8 Å². The molecule has 0 unspecified atom stereocenters. The van der Waals surface area contributed by atoms with Crippen molar-refractivity contribution in [2.75, 3.05) is 12.4 Å². The van der Waals surface area contributed by atoms with Crippen LogP contribution in [0.3, 0.4) is 0 Å². The molecule has 0 aromatic carbocycles. The van der Waals surface area contributed by atoms with Gasteiger partial charge in [0.1, 0.15) is 16.5 Å². The molecule has 1 N–H and O–H groups in total. The summed E-state index contributed by atoms with van der Waals surface area (Å²) in [5.74, 6) is 2.61. The lowest BCUT2D eigenvalue weighted by Gasteiger charge is -2.19. The summed E-state index contributed by atoms with van der Waals surface area (Å²) < 4.78 is 0. The minimum Gasteiger partial charge on any atom is -0.372 e. The van der Waals surface area contributed by atoms with Gasteiger partial charge in [0.2, 0.25) is 0 Å². The molecule has 108 valence electrons. The van der Waals surface area contributed by atoms with Crippen LogP contribution in [0.5, 0.6) is 0 Å². The van der Waals surface area contributed by atoms with Gasteiger partial charge in [-0.3, -0.25) is 0 Å². The number of nitrogens with one attached hydrogen (secondary N) is 1. The number of nitrogens with zero attached hydrogens (tertiary/aromatic N) is 2. The van der Waals surface area contributed by atoms with E-state index in [-0.39, 0.29) is 0 Å². The molecule has 0 spiro atoms. The molecule has 4 heteroatoms. The van der Waals surface area contributed by atoms with Crippen molar-refractivity contribution in [1.29, 1.82) is 0 Å². The number of aryl methyl sites for hydroxylation is 1. The van der Waals surface area contributed by atoms with Crippen LogP contribution < -0.4 is 5.32 Å². The predicted octanol–water partition coefficient (Wildman–Crippen LogP) is 4.87. The van der Waals surface area contributed by atoms with Crippen molar-refractivity contribution in [3.63, 3.8) is 0 Å². The smallest absolute Gasteiger partial charge is 0.138 e. The van der Waals surface area contributed by atoms with Crippen molar-refractivity contribution in [3.05, 3.63) is 16.8 Å². The summed E-state index contributed by atoms with van der Waals surface area (Å²) in [5.41, 5.74) is 0. The maximum atomic E-state index is 4.87. The quantitative estimate of drug-likeness (QED) is 0.857. The maximum Gasteiger partial charge on any atom is 0.138 e. The second-order valence-corrected chi connectivity index (χ2v) is 7.03. The Hall–Kier alpha value is -1.16. The summed E-state index contributed by atoms with van der Waals surface area (Å²) in [6.07, 6.45) is 9.29. The number of anilines is 1. The van der Waals surface area contributed by atoms with Gasteiger partial charge in [0, 0.05) is 17.8 Å². The Morgan fingerprint density at radius 3 is 2.50 bits per heavy atom. The zero-order chi connectivity index (χ0) is 13.9.